The van der Waals surface area contributed by atoms with E-state index in [0.717, 1.165) is 32.0 Å². The van der Waals surface area contributed by atoms with E-state index in [4.69, 9.17) is 0 Å². The Morgan fingerprint density at radius 1 is 0.933 bits per heavy atom. The van der Waals surface area contributed by atoms with Crippen molar-refractivity contribution in [3.05, 3.63) is 81.4 Å². The summed E-state index contributed by atoms with van der Waals surface area (Å²) in [6.07, 6.45) is 1.67. The molecule has 0 aliphatic carbocycles. The predicted molar refractivity (Wildman–Crippen MR) is 128 cm³/mol. The van der Waals surface area contributed by atoms with Crippen molar-refractivity contribution in [2.75, 3.05) is 5.01 Å². The topological polar surface area (TPSA) is 54.3 Å². The van der Waals surface area contributed by atoms with Crippen LogP contribution in [0.15, 0.2) is 72.3 Å². The number of aryl methyl sites for hydroxylation is 1. The minimum absolute atomic E-state index is 0.132. The molecule has 2 amide bonds. The number of anilines is 1. The molecule has 1 saturated heterocycles. The van der Waals surface area contributed by atoms with Crippen LogP contribution in [0.2, 0.25) is 0 Å². The molecule has 148 valence electrons. The van der Waals surface area contributed by atoms with Crippen molar-refractivity contribution in [1.82, 2.24) is 9.99 Å². The number of para-hydroxylation sites is 1. The van der Waals surface area contributed by atoms with E-state index in [1.54, 1.807) is 6.08 Å². The summed E-state index contributed by atoms with van der Waals surface area (Å²) in [6, 6.07) is 21.8. The molecule has 2 heterocycles. The average molecular weight is 507 g/mol. The summed E-state index contributed by atoms with van der Waals surface area (Å²) >= 11 is 2.20. The minimum atomic E-state index is -0.394. The third-order valence-electron chi connectivity index (χ3n) is 5.40. The van der Waals surface area contributed by atoms with E-state index in [-0.39, 0.29) is 11.5 Å². The van der Waals surface area contributed by atoms with Gasteiger partial charge in [-0.2, -0.15) is 0 Å². The van der Waals surface area contributed by atoms with Crippen molar-refractivity contribution in [2.24, 2.45) is 0 Å². The fraction of sp³-hybridized carbons (Fsp3) is 0.0833. The number of carbonyl (C=O) groups is 2. The molecular weight excluding hydrogens is 489 g/mol. The first kappa shape index (κ1) is 18.9. The third kappa shape index (κ3) is 2.99. The normalized spacial score (nSPS) is 15.5. The van der Waals surface area contributed by atoms with Crippen LogP contribution >= 0.6 is 22.6 Å². The molecule has 6 heteroatoms. The van der Waals surface area contributed by atoms with Gasteiger partial charge in [0.25, 0.3) is 11.8 Å². The largest absolute Gasteiger partial charge is 0.341 e. The predicted octanol–water partition coefficient (Wildman–Crippen LogP) is 4.88. The van der Waals surface area contributed by atoms with Gasteiger partial charge in [-0.1, -0.05) is 24.3 Å². The number of hydrogen-bond donors (Lipinski definition) is 1. The standard InChI is InChI=1S/C24H18IN3O2/c1-2-27-21-6-4-3-5-18(21)19-13-15(7-12-22(19)27)14-20-23(29)26-28(24(20)30)17-10-8-16(25)9-11-17/h3-14H,2H2,1H3,(H,26,29). The van der Waals surface area contributed by atoms with Gasteiger partial charge in [-0.15, -0.1) is 0 Å². The molecule has 0 radical (unpaired) electrons. The zero-order chi connectivity index (χ0) is 20.8. The second kappa shape index (κ2) is 7.28. The number of benzene rings is 3. The Balaban J connectivity index is 1.57. The fourth-order valence-corrected chi connectivity index (χ4v) is 4.36. The maximum absolute atomic E-state index is 12.9. The fourth-order valence-electron chi connectivity index (χ4n) is 4.00. The SMILES string of the molecule is CCn1c2ccccc2c2cc(C=C3C(=O)NN(c4ccc(I)cc4)C3=O)ccc21. The Hall–Kier alpha value is -3.13. The summed E-state index contributed by atoms with van der Waals surface area (Å²) in [5.74, 6) is -0.744. The van der Waals surface area contributed by atoms with Gasteiger partial charge >= 0.3 is 0 Å². The summed E-state index contributed by atoms with van der Waals surface area (Å²) < 4.78 is 3.33. The summed E-state index contributed by atoms with van der Waals surface area (Å²) in [5.41, 5.74) is 6.57. The average Bonchev–Trinajstić information content (AvgIpc) is 3.23. The highest BCUT2D eigenvalue weighted by atomic mass is 127. The Morgan fingerprint density at radius 2 is 1.67 bits per heavy atom. The first-order chi connectivity index (χ1) is 14.6. The highest BCUT2D eigenvalue weighted by Gasteiger charge is 2.34. The van der Waals surface area contributed by atoms with Gasteiger partial charge in [-0.25, -0.2) is 5.01 Å². The lowest BCUT2D eigenvalue weighted by Gasteiger charge is -2.14. The van der Waals surface area contributed by atoms with E-state index in [1.165, 1.54) is 10.5 Å². The molecule has 0 spiro atoms. The molecule has 1 aliphatic rings. The van der Waals surface area contributed by atoms with Crippen molar-refractivity contribution in [2.45, 2.75) is 13.5 Å². The molecule has 0 saturated carbocycles. The van der Waals surface area contributed by atoms with Gasteiger partial charge in [-0.05, 0) is 83.6 Å². The van der Waals surface area contributed by atoms with E-state index in [2.05, 4.69) is 57.7 Å². The molecule has 1 aromatic heterocycles. The minimum Gasteiger partial charge on any atom is -0.341 e. The molecule has 4 aromatic rings. The van der Waals surface area contributed by atoms with Crippen LogP contribution in [0.1, 0.15) is 12.5 Å². The zero-order valence-electron chi connectivity index (χ0n) is 16.2. The Kier molecular flexibility index (Phi) is 4.58. The van der Waals surface area contributed by atoms with E-state index in [1.807, 2.05) is 48.5 Å². The van der Waals surface area contributed by atoms with E-state index >= 15 is 0 Å². The van der Waals surface area contributed by atoms with Crippen LogP contribution in [0.4, 0.5) is 5.69 Å². The molecule has 1 N–H and O–H groups in total. The van der Waals surface area contributed by atoms with Crippen LogP contribution in [0, 0.1) is 3.57 Å². The van der Waals surface area contributed by atoms with Crippen LogP contribution in [-0.2, 0) is 16.1 Å². The molecule has 1 fully saturated rings. The summed E-state index contributed by atoms with van der Waals surface area (Å²) in [7, 11) is 0. The number of halogens is 1. The van der Waals surface area contributed by atoms with Gasteiger partial charge in [0.15, 0.2) is 0 Å². The van der Waals surface area contributed by atoms with Gasteiger partial charge < -0.3 is 4.57 Å². The number of hydrogen-bond acceptors (Lipinski definition) is 2. The second-order valence-electron chi connectivity index (χ2n) is 7.15. The van der Waals surface area contributed by atoms with Gasteiger partial charge in [0, 0.05) is 31.9 Å². The van der Waals surface area contributed by atoms with Gasteiger partial charge in [0.1, 0.15) is 5.57 Å². The van der Waals surface area contributed by atoms with Crippen molar-refractivity contribution in [3.8, 4) is 0 Å². The first-order valence-electron chi connectivity index (χ1n) is 9.70. The molecule has 5 rings (SSSR count). The molecule has 0 atom stereocenters. The number of nitrogens with zero attached hydrogens (tertiary/aromatic N) is 2. The first-order valence-corrected chi connectivity index (χ1v) is 10.8. The van der Waals surface area contributed by atoms with Crippen molar-refractivity contribution < 1.29 is 9.59 Å². The number of carbonyl (C=O) groups excluding carboxylic acids is 2. The van der Waals surface area contributed by atoms with E-state index in [9.17, 15) is 9.59 Å². The summed E-state index contributed by atoms with van der Waals surface area (Å²) in [5, 5.41) is 3.57. The van der Waals surface area contributed by atoms with E-state index < -0.39 is 5.91 Å². The number of fused-ring (bicyclic) bond motifs is 3. The number of hydrazine groups is 1. The smallest absolute Gasteiger partial charge is 0.282 e. The number of amides is 2. The summed E-state index contributed by atoms with van der Waals surface area (Å²) in [6.45, 7) is 3.00. The summed E-state index contributed by atoms with van der Waals surface area (Å²) in [4.78, 5) is 25.4. The van der Waals surface area contributed by atoms with Crippen LogP contribution in [0.3, 0.4) is 0 Å². The van der Waals surface area contributed by atoms with Crippen molar-refractivity contribution >= 4 is 68.0 Å². The lowest BCUT2D eigenvalue weighted by molar-refractivity contribution is -0.117. The van der Waals surface area contributed by atoms with Crippen LogP contribution in [0.25, 0.3) is 27.9 Å². The van der Waals surface area contributed by atoms with Gasteiger partial charge in [0.2, 0.25) is 0 Å². The second-order valence-corrected chi connectivity index (χ2v) is 8.40. The highest BCUT2D eigenvalue weighted by molar-refractivity contribution is 14.1. The third-order valence-corrected chi connectivity index (χ3v) is 6.12. The molecule has 1 aliphatic heterocycles. The molecule has 5 nitrogen and oxygen atoms in total. The van der Waals surface area contributed by atoms with Crippen LogP contribution < -0.4 is 10.4 Å². The molecule has 3 aromatic carbocycles. The maximum Gasteiger partial charge on any atom is 0.282 e. The molecule has 30 heavy (non-hydrogen) atoms. The number of nitrogens with one attached hydrogen (secondary N) is 1. The maximum atomic E-state index is 12.9. The Labute approximate surface area is 187 Å². The monoisotopic (exact) mass is 507 g/mol. The molecule has 0 unspecified atom stereocenters. The van der Waals surface area contributed by atoms with Crippen LogP contribution in [-0.4, -0.2) is 16.4 Å². The molecule has 0 bridgehead atoms. The van der Waals surface area contributed by atoms with Gasteiger partial charge in [0.05, 0.1) is 5.69 Å². The van der Waals surface area contributed by atoms with Crippen LogP contribution in [0.5, 0.6) is 0 Å². The number of rotatable bonds is 3. The molecular formula is C24H18IN3O2. The zero-order valence-corrected chi connectivity index (χ0v) is 18.4. The quantitative estimate of drug-likeness (QED) is 0.244. The lowest BCUT2D eigenvalue weighted by atomic mass is 10.1. The Morgan fingerprint density at radius 3 is 2.43 bits per heavy atom. The lowest BCUT2D eigenvalue weighted by Crippen LogP contribution is -2.35. The van der Waals surface area contributed by atoms with E-state index in [0.29, 0.717) is 5.69 Å². The van der Waals surface area contributed by atoms with Gasteiger partial charge in [-0.3, -0.25) is 15.0 Å². The Bertz CT molecular complexity index is 1350. The number of aromatic nitrogens is 1. The van der Waals surface area contributed by atoms with Crippen molar-refractivity contribution in [3.63, 3.8) is 0 Å². The van der Waals surface area contributed by atoms with Crippen molar-refractivity contribution in [1.29, 1.82) is 0 Å². The highest BCUT2D eigenvalue weighted by Crippen LogP contribution is 2.31.